The lowest BCUT2D eigenvalue weighted by Gasteiger charge is -2.26. The van der Waals surface area contributed by atoms with E-state index in [1.54, 1.807) is 0 Å². The minimum atomic E-state index is -1.32. The third-order valence-electron chi connectivity index (χ3n) is 3.91. The summed E-state index contributed by atoms with van der Waals surface area (Å²) in [6.45, 7) is -0.0191. The van der Waals surface area contributed by atoms with Crippen LogP contribution >= 0.6 is 67.8 Å². The number of aliphatic hydroxyl groups is 4. The second-order valence-corrected chi connectivity index (χ2v) is 9.36. The lowest BCUT2D eigenvalue weighted by atomic mass is 10.1. The summed E-state index contributed by atoms with van der Waals surface area (Å²) in [6.07, 6.45) is -2.53. The molecule has 2 unspecified atom stereocenters. The van der Waals surface area contributed by atoms with E-state index in [1.807, 2.05) is 67.8 Å². The Morgan fingerprint density at radius 1 is 1.03 bits per heavy atom. The minimum absolute atomic E-state index is 0.0923. The van der Waals surface area contributed by atoms with Crippen LogP contribution in [0, 0.1) is 10.7 Å². The van der Waals surface area contributed by atoms with Crippen molar-refractivity contribution in [1.29, 1.82) is 0 Å². The SMILES string of the molecule is CNC(=O)c1c(I)c(NC(=O)C(C)O)c(I)c(C(=O)N(CCO)CC(O)CO)c1I. The standard InChI is InChI=1S/C17H22I3N3O7/c1-7(26)15(28)22-14-12(19)9(16(29)21-2)11(18)10(13(14)20)17(30)23(3-4-24)5-8(27)6-25/h7-8,24-27H,3-6H2,1-2H3,(H,21,29)(H,22,28). The molecule has 0 fully saturated rings. The molecule has 13 heteroatoms. The van der Waals surface area contributed by atoms with Crippen LogP contribution in [0.15, 0.2) is 0 Å². The number of nitrogens with zero attached hydrogens (tertiary/aromatic N) is 1. The van der Waals surface area contributed by atoms with Gasteiger partial charge in [0.1, 0.15) is 6.10 Å². The summed E-state index contributed by atoms with van der Waals surface area (Å²) < 4.78 is 1.03. The monoisotopic (exact) mass is 761 g/mol. The highest BCUT2D eigenvalue weighted by atomic mass is 127. The average Bonchev–Trinajstić information content (AvgIpc) is 2.69. The van der Waals surface area contributed by atoms with Crippen molar-refractivity contribution in [3.63, 3.8) is 0 Å². The first-order chi connectivity index (χ1) is 14.0. The molecule has 30 heavy (non-hydrogen) atoms. The van der Waals surface area contributed by atoms with Crippen LogP contribution in [0.3, 0.4) is 0 Å². The molecule has 0 aromatic heterocycles. The number of halogens is 3. The van der Waals surface area contributed by atoms with Crippen molar-refractivity contribution in [1.82, 2.24) is 10.2 Å². The van der Waals surface area contributed by atoms with Gasteiger partial charge in [-0.3, -0.25) is 14.4 Å². The lowest BCUT2D eigenvalue weighted by molar-refractivity contribution is -0.123. The van der Waals surface area contributed by atoms with E-state index in [0.29, 0.717) is 10.7 Å². The summed E-state index contributed by atoms with van der Waals surface area (Å²) in [5, 5.41) is 42.8. The molecule has 6 N–H and O–H groups in total. The van der Waals surface area contributed by atoms with Crippen molar-refractivity contribution in [3.05, 3.63) is 21.8 Å². The number of anilines is 1. The highest BCUT2D eigenvalue weighted by molar-refractivity contribution is 14.1. The summed E-state index contributed by atoms with van der Waals surface area (Å²) in [7, 11) is 1.43. The first-order valence-electron chi connectivity index (χ1n) is 8.62. The van der Waals surface area contributed by atoms with Crippen LogP contribution < -0.4 is 10.6 Å². The summed E-state index contributed by atoms with van der Waals surface area (Å²) in [5.41, 5.74) is 0.445. The van der Waals surface area contributed by atoms with E-state index >= 15 is 0 Å². The molecule has 1 rings (SSSR count). The Balaban J connectivity index is 3.71. The largest absolute Gasteiger partial charge is 0.395 e. The maximum absolute atomic E-state index is 13.3. The van der Waals surface area contributed by atoms with Gasteiger partial charge in [-0.25, -0.2) is 0 Å². The molecule has 2 atom stereocenters. The van der Waals surface area contributed by atoms with Gasteiger partial charge in [-0.2, -0.15) is 0 Å². The number of hydrogen-bond donors (Lipinski definition) is 6. The van der Waals surface area contributed by atoms with E-state index in [9.17, 15) is 29.7 Å². The topological polar surface area (TPSA) is 159 Å². The lowest BCUT2D eigenvalue weighted by Crippen LogP contribution is -2.41. The number of hydrogen-bond acceptors (Lipinski definition) is 7. The summed E-state index contributed by atoms with van der Waals surface area (Å²) in [6, 6.07) is 0. The van der Waals surface area contributed by atoms with E-state index in [1.165, 1.54) is 14.0 Å². The molecule has 10 nitrogen and oxygen atoms in total. The fourth-order valence-corrected chi connectivity index (χ4v) is 6.77. The molecular weight excluding hydrogens is 739 g/mol. The fraction of sp³-hybridized carbons (Fsp3) is 0.471. The van der Waals surface area contributed by atoms with Gasteiger partial charge in [0.25, 0.3) is 17.7 Å². The number of aliphatic hydroxyl groups excluding tert-OH is 4. The Kier molecular flexibility index (Phi) is 11.7. The van der Waals surface area contributed by atoms with E-state index in [-0.39, 0.29) is 36.5 Å². The van der Waals surface area contributed by atoms with Crippen LogP contribution in [0.25, 0.3) is 0 Å². The maximum Gasteiger partial charge on any atom is 0.256 e. The Morgan fingerprint density at radius 3 is 2.07 bits per heavy atom. The van der Waals surface area contributed by atoms with Crippen molar-refractivity contribution >= 4 is 91.2 Å². The maximum atomic E-state index is 13.3. The summed E-state index contributed by atoms with van der Waals surface area (Å²) in [4.78, 5) is 39.0. The Hall–Kier alpha value is -0.340. The average molecular weight is 761 g/mol. The normalized spacial score (nSPS) is 12.8. The van der Waals surface area contributed by atoms with Crippen LogP contribution in [0.2, 0.25) is 0 Å². The second-order valence-electron chi connectivity index (χ2n) is 6.12. The van der Waals surface area contributed by atoms with Gasteiger partial charge < -0.3 is 36.0 Å². The van der Waals surface area contributed by atoms with Gasteiger partial charge in [-0.1, -0.05) is 0 Å². The van der Waals surface area contributed by atoms with Gasteiger partial charge in [-0.15, -0.1) is 0 Å². The molecule has 3 amide bonds. The highest BCUT2D eigenvalue weighted by Crippen LogP contribution is 2.36. The fourth-order valence-electron chi connectivity index (χ4n) is 2.38. The molecule has 0 aliphatic heterocycles. The van der Waals surface area contributed by atoms with Gasteiger partial charge in [-0.05, 0) is 74.7 Å². The summed E-state index contributed by atoms with van der Waals surface area (Å²) in [5.74, 6) is -1.79. The molecule has 0 aliphatic rings. The third-order valence-corrected chi connectivity index (χ3v) is 7.15. The van der Waals surface area contributed by atoms with Crippen LogP contribution in [-0.4, -0.2) is 88.6 Å². The van der Waals surface area contributed by atoms with Crippen molar-refractivity contribution in [3.8, 4) is 0 Å². The zero-order chi connectivity index (χ0) is 23.2. The van der Waals surface area contributed by atoms with Gasteiger partial charge in [0.15, 0.2) is 0 Å². The Morgan fingerprint density at radius 2 is 1.60 bits per heavy atom. The first-order valence-corrected chi connectivity index (χ1v) is 11.9. The van der Waals surface area contributed by atoms with E-state index in [2.05, 4.69) is 10.6 Å². The Bertz CT molecular complexity index is 821. The second kappa shape index (κ2) is 12.6. The molecular formula is C17H22I3N3O7. The molecule has 0 aliphatic carbocycles. The molecule has 1 aromatic rings. The zero-order valence-corrected chi connectivity index (χ0v) is 22.6. The number of carbonyl (C=O) groups is 3. The smallest absolute Gasteiger partial charge is 0.256 e. The van der Waals surface area contributed by atoms with Crippen LogP contribution in [0.4, 0.5) is 5.69 Å². The predicted molar refractivity (Wildman–Crippen MR) is 134 cm³/mol. The molecule has 0 spiro atoms. The molecule has 0 saturated carbocycles. The Labute approximate surface area is 214 Å². The quantitative estimate of drug-likeness (QED) is 0.193. The summed E-state index contributed by atoms with van der Waals surface area (Å²) >= 11 is 5.60. The minimum Gasteiger partial charge on any atom is -0.395 e. The van der Waals surface area contributed by atoms with Crippen molar-refractivity contribution < 1.29 is 34.8 Å². The van der Waals surface area contributed by atoms with E-state index in [0.717, 1.165) is 4.90 Å². The van der Waals surface area contributed by atoms with Crippen molar-refractivity contribution in [2.75, 3.05) is 38.7 Å². The van der Waals surface area contributed by atoms with Crippen LogP contribution in [0.1, 0.15) is 27.6 Å². The van der Waals surface area contributed by atoms with Crippen LogP contribution in [0.5, 0.6) is 0 Å². The van der Waals surface area contributed by atoms with Gasteiger partial charge in [0, 0.05) is 23.7 Å². The first kappa shape index (κ1) is 27.7. The van der Waals surface area contributed by atoms with Crippen LogP contribution in [-0.2, 0) is 4.79 Å². The number of amides is 3. The predicted octanol–water partition coefficient (Wildman–Crippen LogP) is -0.0330. The zero-order valence-electron chi connectivity index (χ0n) is 16.1. The van der Waals surface area contributed by atoms with E-state index < -0.39 is 36.5 Å². The van der Waals surface area contributed by atoms with Gasteiger partial charge >= 0.3 is 0 Å². The number of carbonyl (C=O) groups excluding carboxylic acids is 3. The highest BCUT2D eigenvalue weighted by Gasteiger charge is 2.31. The molecule has 168 valence electrons. The number of benzene rings is 1. The van der Waals surface area contributed by atoms with Crippen molar-refractivity contribution in [2.45, 2.75) is 19.1 Å². The molecule has 0 heterocycles. The molecule has 0 radical (unpaired) electrons. The third kappa shape index (κ3) is 6.58. The molecule has 1 aromatic carbocycles. The van der Waals surface area contributed by atoms with E-state index in [4.69, 9.17) is 5.11 Å². The van der Waals surface area contributed by atoms with Gasteiger partial charge in [0.05, 0.1) is 43.3 Å². The number of rotatable bonds is 9. The van der Waals surface area contributed by atoms with Crippen molar-refractivity contribution in [2.24, 2.45) is 0 Å². The molecule has 0 saturated heterocycles. The number of nitrogens with one attached hydrogen (secondary N) is 2. The molecule has 0 bridgehead atoms. The van der Waals surface area contributed by atoms with Gasteiger partial charge in [0.2, 0.25) is 0 Å².